The van der Waals surface area contributed by atoms with E-state index in [4.69, 9.17) is 9.26 Å². The van der Waals surface area contributed by atoms with Gasteiger partial charge in [0.15, 0.2) is 6.10 Å². The summed E-state index contributed by atoms with van der Waals surface area (Å²) in [6.07, 6.45) is 0.0769. The third-order valence-electron chi connectivity index (χ3n) is 3.21. The molecule has 0 fully saturated rings. The van der Waals surface area contributed by atoms with E-state index in [1.165, 1.54) is 0 Å². The first-order chi connectivity index (χ1) is 10.1. The van der Waals surface area contributed by atoms with Crippen molar-refractivity contribution < 1.29 is 14.1 Å². The molecule has 1 aromatic carbocycles. The highest BCUT2D eigenvalue weighted by atomic mass is 16.5. The molecule has 1 aliphatic rings. The van der Waals surface area contributed by atoms with Gasteiger partial charge >= 0.3 is 0 Å². The first-order valence-electron chi connectivity index (χ1n) is 6.65. The maximum atomic E-state index is 12.1. The van der Waals surface area contributed by atoms with E-state index in [0.29, 0.717) is 18.3 Å². The van der Waals surface area contributed by atoms with E-state index in [-0.39, 0.29) is 12.5 Å². The molecule has 3 rings (SSSR count). The highest BCUT2D eigenvalue weighted by Gasteiger charge is 2.28. The molecule has 0 aliphatic carbocycles. The van der Waals surface area contributed by atoms with Gasteiger partial charge in [-0.05, 0) is 16.8 Å². The highest BCUT2D eigenvalue weighted by molar-refractivity contribution is 5.82. The van der Waals surface area contributed by atoms with E-state index in [2.05, 4.69) is 15.5 Å². The molecule has 1 unspecified atom stereocenters. The number of ether oxygens (including phenoxy) is 1. The molecule has 0 spiro atoms. The molecule has 0 saturated carbocycles. The molecule has 7 nitrogen and oxygen atoms in total. The second-order valence-corrected chi connectivity index (χ2v) is 5.02. The van der Waals surface area contributed by atoms with Gasteiger partial charge in [-0.15, -0.1) is 0 Å². The maximum Gasteiger partial charge on any atom is 0.265 e. The Kier molecular flexibility index (Phi) is 3.47. The summed E-state index contributed by atoms with van der Waals surface area (Å²) < 4.78 is 10.7. The number of carbonyl (C=O) groups is 1. The van der Waals surface area contributed by atoms with Crippen LogP contribution in [0.15, 0.2) is 28.8 Å². The minimum absolute atomic E-state index is 0.184. The van der Waals surface area contributed by atoms with Crippen LogP contribution in [-0.4, -0.2) is 36.2 Å². The number of rotatable bonds is 4. The lowest BCUT2D eigenvalue weighted by atomic mass is 10.1. The number of aromatic nitrogens is 2. The van der Waals surface area contributed by atoms with Gasteiger partial charge < -0.3 is 19.5 Å². The number of fused-ring (bicyclic) bond motifs is 1. The Balaban J connectivity index is 1.55. The van der Waals surface area contributed by atoms with Crippen LogP contribution in [0.1, 0.15) is 11.5 Å². The zero-order valence-corrected chi connectivity index (χ0v) is 11.9. The molecule has 1 atom stereocenters. The van der Waals surface area contributed by atoms with Gasteiger partial charge in [-0.2, -0.15) is 4.98 Å². The summed E-state index contributed by atoms with van der Waals surface area (Å²) in [4.78, 5) is 18.0. The molecule has 21 heavy (non-hydrogen) atoms. The van der Waals surface area contributed by atoms with Crippen molar-refractivity contribution in [1.29, 1.82) is 0 Å². The molecule has 7 heteroatoms. The molecule has 1 aliphatic heterocycles. The van der Waals surface area contributed by atoms with E-state index in [1.54, 1.807) is 4.90 Å². The number of para-hydroxylation sites is 1. The Morgan fingerprint density at radius 3 is 2.95 bits per heavy atom. The fraction of sp³-hybridized carbons (Fsp3) is 0.357. The molecule has 2 aromatic rings. The van der Waals surface area contributed by atoms with Gasteiger partial charge in [-0.25, -0.2) is 0 Å². The molecule has 1 N–H and O–H groups in total. The number of nitrogens with one attached hydrogen (secondary N) is 1. The van der Waals surface area contributed by atoms with Crippen LogP contribution in [0, 0.1) is 0 Å². The molecule has 0 saturated heterocycles. The van der Waals surface area contributed by atoms with E-state index in [1.807, 2.05) is 38.4 Å². The van der Waals surface area contributed by atoms with E-state index in [9.17, 15) is 4.79 Å². The topological polar surface area (TPSA) is 80.5 Å². The van der Waals surface area contributed by atoms with E-state index in [0.717, 1.165) is 11.3 Å². The van der Waals surface area contributed by atoms with Gasteiger partial charge in [-0.1, -0.05) is 18.2 Å². The summed E-state index contributed by atoms with van der Waals surface area (Å²) in [6.45, 7) is 0.190. The van der Waals surface area contributed by atoms with Crippen LogP contribution in [-0.2, 0) is 17.8 Å². The zero-order chi connectivity index (χ0) is 14.8. The predicted molar refractivity (Wildman–Crippen MR) is 75.0 cm³/mol. The first kappa shape index (κ1) is 13.4. The highest BCUT2D eigenvalue weighted by Crippen LogP contribution is 2.28. The zero-order valence-electron chi connectivity index (χ0n) is 11.9. The minimum Gasteiger partial charge on any atom is -0.480 e. The third-order valence-corrected chi connectivity index (χ3v) is 3.21. The lowest BCUT2D eigenvalue weighted by Gasteiger charge is -2.09. The van der Waals surface area contributed by atoms with Crippen LogP contribution in [0.2, 0.25) is 0 Å². The Morgan fingerprint density at radius 1 is 1.43 bits per heavy atom. The molecule has 1 aromatic heterocycles. The van der Waals surface area contributed by atoms with Gasteiger partial charge in [0, 0.05) is 20.5 Å². The standard InChI is InChI=1S/C14H16N4O3/c1-18(2)14-16-12(21-17-14)8-15-13(19)11-7-9-5-3-4-6-10(9)20-11/h3-6,11H,7-8H2,1-2H3,(H,15,19). The summed E-state index contributed by atoms with van der Waals surface area (Å²) in [5, 5.41) is 6.53. The van der Waals surface area contributed by atoms with Gasteiger partial charge in [0.1, 0.15) is 5.75 Å². The molecular formula is C14H16N4O3. The second-order valence-electron chi connectivity index (χ2n) is 5.02. The van der Waals surface area contributed by atoms with Crippen molar-refractivity contribution in [2.45, 2.75) is 19.1 Å². The second kappa shape index (κ2) is 5.43. The average molecular weight is 288 g/mol. The number of amides is 1. The van der Waals surface area contributed by atoms with Gasteiger partial charge in [-0.3, -0.25) is 4.79 Å². The lowest BCUT2D eigenvalue weighted by Crippen LogP contribution is -2.37. The molecular weight excluding hydrogens is 272 g/mol. The van der Waals surface area contributed by atoms with Crippen molar-refractivity contribution >= 4 is 11.9 Å². The molecule has 0 bridgehead atoms. The minimum atomic E-state index is -0.501. The van der Waals surface area contributed by atoms with E-state index >= 15 is 0 Å². The van der Waals surface area contributed by atoms with Crippen molar-refractivity contribution in [3.63, 3.8) is 0 Å². The van der Waals surface area contributed by atoms with Crippen LogP contribution < -0.4 is 15.0 Å². The number of benzene rings is 1. The summed E-state index contributed by atoms with van der Waals surface area (Å²) >= 11 is 0. The van der Waals surface area contributed by atoms with Crippen molar-refractivity contribution in [2.24, 2.45) is 0 Å². The molecule has 1 amide bonds. The summed E-state index contributed by atoms with van der Waals surface area (Å²) in [5.41, 5.74) is 1.05. The third kappa shape index (κ3) is 2.81. The number of hydrogen-bond donors (Lipinski definition) is 1. The van der Waals surface area contributed by atoms with Crippen LogP contribution in [0.4, 0.5) is 5.95 Å². The number of carbonyl (C=O) groups excluding carboxylic acids is 1. The normalized spacial score (nSPS) is 16.2. The first-order valence-corrected chi connectivity index (χ1v) is 6.65. The summed E-state index contributed by atoms with van der Waals surface area (Å²) in [7, 11) is 3.63. The smallest absolute Gasteiger partial charge is 0.265 e. The van der Waals surface area contributed by atoms with Crippen LogP contribution in [0.5, 0.6) is 5.75 Å². The fourth-order valence-corrected chi connectivity index (χ4v) is 2.10. The Bertz CT molecular complexity index is 628. The summed E-state index contributed by atoms with van der Waals surface area (Å²) in [6, 6.07) is 7.65. The number of hydrogen-bond acceptors (Lipinski definition) is 6. The van der Waals surface area contributed by atoms with Crippen LogP contribution in [0.3, 0.4) is 0 Å². The van der Waals surface area contributed by atoms with Crippen LogP contribution >= 0.6 is 0 Å². The van der Waals surface area contributed by atoms with Crippen molar-refractivity contribution in [3.8, 4) is 5.75 Å². The average Bonchev–Trinajstić information content (AvgIpc) is 3.11. The van der Waals surface area contributed by atoms with E-state index < -0.39 is 6.10 Å². The number of anilines is 1. The van der Waals surface area contributed by atoms with Crippen molar-refractivity contribution in [1.82, 2.24) is 15.5 Å². The fourth-order valence-electron chi connectivity index (χ4n) is 2.10. The van der Waals surface area contributed by atoms with Crippen LogP contribution in [0.25, 0.3) is 0 Å². The van der Waals surface area contributed by atoms with Crippen molar-refractivity contribution in [2.75, 3.05) is 19.0 Å². The van der Waals surface area contributed by atoms with Gasteiger partial charge in [0.05, 0.1) is 6.54 Å². The monoisotopic (exact) mass is 288 g/mol. The maximum absolute atomic E-state index is 12.1. The molecule has 110 valence electrons. The Hall–Kier alpha value is -2.57. The van der Waals surface area contributed by atoms with Gasteiger partial charge in [0.25, 0.3) is 11.9 Å². The predicted octanol–water partition coefficient (Wildman–Crippen LogP) is 0.755. The Morgan fingerprint density at radius 2 is 2.24 bits per heavy atom. The Labute approximate surface area is 121 Å². The largest absolute Gasteiger partial charge is 0.480 e. The molecule has 0 radical (unpaired) electrons. The SMILES string of the molecule is CN(C)c1noc(CNC(=O)C2Cc3ccccc3O2)n1. The van der Waals surface area contributed by atoms with Crippen molar-refractivity contribution in [3.05, 3.63) is 35.7 Å². The summed E-state index contributed by atoms with van der Waals surface area (Å²) in [5.74, 6) is 1.42. The number of nitrogens with zero attached hydrogens (tertiary/aromatic N) is 3. The van der Waals surface area contributed by atoms with Gasteiger partial charge in [0.2, 0.25) is 5.89 Å². The molecule has 2 heterocycles. The quantitative estimate of drug-likeness (QED) is 0.894. The lowest BCUT2D eigenvalue weighted by molar-refractivity contribution is -0.127.